The van der Waals surface area contributed by atoms with Crippen molar-refractivity contribution in [1.82, 2.24) is 5.32 Å². The van der Waals surface area contributed by atoms with Gasteiger partial charge >= 0.3 is 0 Å². The van der Waals surface area contributed by atoms with Crippen molar-refractivity contribution >= 4 is 28.3 Å². The van der Waals surface area contributed by atoms with Crippen molar-refractivity contribution in [1.29, 1.82) is 0 Å². The average Bonchev–Trinajstić information content (AvgIpc) is 3.13. The fourth-order valence-electron chi connectivity index (χ4n) is 4.15. The van der Waals surface area contributed by atoms with Crippen LogP contribution in [0.5, 0.6) is 11.5 Å². The van der Waals surface area contributed by atoms with Gasteiger partial charge in [-0.1, -0.05) is 42.5 Å². The first-order valence-electron chi connectivity index (χ1n) is 10.1. The summed E-state index contributed by atoms with van der Waals surface area (Å²) < 4.78 is 11.2. The molecule has 2 aliphatic rings. The maximum absolute atomic E-state index is 12.7. The molecule has 1 saturated heterocycles. The second kappa shape index (κ2) is 7.71. The fourth-order valence-corrected chi connectivity index (χ4v) is 4.15. The lowest BCUT2D eigenvalue weighted by atomic mass is 10.0. The first-order chi connectivity index (χ1) is 14.7. The van der Waals surface area contributed by atoms with Crippen molar-refractivity contribution in [2.24, 2.45) is 0 Å². The first kappa shape index (κ1) is 18.5. The van der Waals surface area contributed by atoms with Gasteiger partial charge in [-0.05, 0) is 28.5 Å². The lowest BCUT2D eigenvalue weighted by Gasteiger charge is -2.22. The van der Waals surface area contributed by atoms with Crippen LogP contribution in [0.4, 0.5) is 5.69 Å². The molecular formula is C24H22N2O4. The highest BCUT2D eigenvalue weighted by molar-refractivity contribution is 5.97. The number of rotatable bonds is 4. The standard InChI is InChI=1S/C24H22N2O4/c27-23(12-17-6-3-5-16-4-1-2-7-20(16)17)25-18-13-24(28)26(15-18)19-8-9-21-22(14-19)30-11-10-29-21/h1-9,14,18H,10-13,15H2,(H,25,27). The van der Waals surface area contributed by atoms with E-state index in [2.05, 4.69) is 5.32 Å². The van der Waals surface area contributed by atoms with Gasteiger partial charge < -0.3 is 19.7 Å². The highest BCUT2D eigenvalue weighted by Crippen LogP contribution is 2.35. The smallest absolute Gasteiger partial charge is 0.229 e. The molecule has 1 unspecified atom stereocenters. The van der Waals surface area contributed by atoms with E-state index in [0.717, 1.165) is 22.0 Å². The molecule has 6 nitrogen and oxygen atoms in total. The largest absolute Gasteiger partial charge is 0.486 e. The normalized spacial score (nSPS) is 17.9. The summed E-state index contributed by atoms with van der Waals surface area (Å²) >= 11 is 0. The summed E-state index contributed by atoms with van der Waals surface area (Å²) in [5.74, 6) is 1.25. The van der Waals surface area contributed by atoms with Crippen LogP contribution in [0.2, 0.25) is 0 Å². The molecule has 0 radical (unpaired) electrons. The molecule has 0 aromatic heterocycles. The Labute approximate surface area is 174 Å². The molecule has 1 N–H and O–H groups in total. The number of hydrogen-bond donors (Lipinski definition) is 1. The number of nitrogens with one attached hydrogen (secondary N) is 1. The number of benzene rings is 3. The van der Waals surface area contributed by atoms with Gasteiger partial charge in [0, 0.05) is 24.7 Å². The van der Waals surface area contributed by atoms with Crippen LogP contribution in [-0.4, -0.2) is 37.6 Å². The third kappa shape index (κ3) is 3.56. The Morgan fingerprint density at radius 2 is 1.80 bits per heavy atom. The van der Waals surface area contributed by atoms with Gasteiger partial charge in [0.2, 0.25) is 11.8 Å². The van der Waals surface area contributed by atoms with E-state index in [4.69, 9.17) is 9.47 Å². The van der Waals surface area contributed by atoms with Crippen molar-refractivity contribution < 1.29 is 19.1 Å². The summed E-state index contributed by atoms with van der Waals surface area (Å²) in [6, 6.07) is 19.3. The molecule has 0 spiro atoms. The molecule has 30 heavy (non-hydrogen) atoms. The molecule has 1 fully saturated rings. The van der Waals surface area contributed by atoms with Crippen LogP contribution < -0.4 is 19.7 Å². The van der Waals surface area contributed by atoms with E-state index in [1.807, 2.05) is 60.7 Å². The molecule has 152 valence electrons. The average molecular weight is 402 g/mol. The number of ether oxygens (including phenoxy) is 2. The molecule has 0 bridgehead atoms. The summed E-state index contributed by atoms with van der Waals surface area (Å²) in [7, 11) is 0. The SMILES string of the molecule is O=C(Cc1cccc2ccccc12)NC1CC(=O)N(c2ccc3c(c2)OCCO3)C1. The van der Waals surface area contributed by atoms with Crippen LogP contribution in [0.25, 0.3) is 10.8 Å². The molecule has 3 aromatic rings. The van der Waals surface area contributed by atoms with Crippen LogP contribution in [0, 0.1) is 0 Å². The second-order valence-corrected chi connectivity index (χ2v) is 7.62. The Hall–Kier alpha value is -3.54. The van der Waals surface area contributed by atoms with Crippen LogP contribution in [0.3, 0.4) is 0 Å². The zero-order valence-electron chi connectivity index (χ0n) is 16.5. The molecule has 5 rings (SSSR count). The number of anilines is 1. The Kier molecular flexibility index (Phi) is 4.75. The summed E-state index contributed by atoms with van der Waals surface area (Å²) in [4.78, 5) is 26.9. The van der Waals surface area contributed by atoms with Gasteiger partial charge in [-0.2, -0.15) is 0 Å². The Morgan fingerprint density at radius 1 is 1.00 bits per heavy atom. The molecule has 0 aliphatic carbocycles. The highest BCUT2D eigenvalue weighted by Gasteiger charge is 2.32. The topological polar surface area (TPSA) is 67.9 Å². The van der Waals surface area contributed by atoms with E-state index in [1.54, 1.807) is 4.90 Å². The van der Waals surface area contributed by atoms with Gasteiger partial charge in [0.15, 0.2) is 11.5 Å². The zero-order valence-corrected chi connectivity index (χ0v) is 16.5. The Balaban J connectivity index is 1.26. The molecular weight excluding hydrogens is 380 g/mol. The van der Waals surface area contributed by atoms with E-state index in [9.17, 15) is 9.59 Å². The van der Waals surface area contributed by atoms with Crippen LogP contribution in [0.1, 0.15) is 12.0 Å². The van der Waals surface area contributed by atoms with Gasteiger partial charge in [0.05, 0.1) is 12.5 Å². The number of carbonyl (C=O) groups excluding carboxylic acids is 2. The van der Waals surface area contributed by atoms with Crippen molar-refractivity contribution in [3.63, 3.8) is 0 Å². The Morgan fingerprint density at radius 3 is 2.70 bits per heavy atom. The number of amides is 2. The summed E-state index contributed by atoms with van der Waals surface area (Å²) in [6.07, 6.45) is 0.575. The van der Waals surface area contributed by atoms with Crippen LogP contribution in [-0.2, 0) is 16.0 Å². The van der Waals surface area contributed by atoms with Crippen molar-refractivity contribution in [3.8, 4) is 11.5 Å². The maximum atomic E-state index is 12.7. The lowest BCUT2D eigenvalue weighted by Crippen LogP contribution is -2.38. The quantitative estimate of drug-likeness (QED) is 0.728. The van der Waals surface area contributed by atoms with E-state index in [-0.39, 0.29) is 30.7 Å². The number of hydrogen-bond acceptors (Lipinski definition) is 4. The zero-order chi connectivity index (χ0) is 20.5. The highest BCUT2D eigenvalue weighted by atomic mass is 16.6. The summed E-state index contributed by atoms with van der Waals surface area (Å²) in [5.41, 5.74) is 1.74. The van der Waals surface area contributed by atoms with Crippen molar-refractivity contribution in [3.05, 3.63) is 66.2 Å². The third-order valence-corrected chi connectivity index (χ3v) is 5.56. The summed E-state index contributed by atoms with van der Waals surface area (Å²) in [6.45, 7) is 1.47. The van der Waals surface area contributed by atoms with E-state index in [1.165, 1.54) is 0 Å². The minimum atomic E-state index is -0.215. The number of fused-ring (bicyclic) bond motifs is 2. The van der Waals surface area contributed by atoms with Gasteiger partial charge in [0.1, 0.15) is 13.2 Å². The van der Waals surface area contributed by atoms with E-state index < -0.39 is 0 Å². The molecule has 3 aromatic carbocycles. The maximum Gasteiger partial charge on any atom is 0.229 e. The van der Waals surface area contributed by atoms with Gasteiger partial charge in [-0.3, -0.25) is 9.59 Å². The monoisotopic (exact) mass is 402 g/mol. The fraction of sp³-hybridized carbons (Fsp3) is 0.250. The van der Waals surface area contributed by atoms with Crippen LogP contribution >= 0.6 is 0 Å². The Bertz CT molecular complexity index is 1120. The predicted octanol–water partition coefficient (Wildman–Crippen LogP) is 3.08. The molecule has 1 atom stereocenters. The third-order valence-electron chi connectivity index (χ3n) is 5.56. The van der Waals surface area contributed by atoms with Crippen molar-refractivity contribution in [2.45, 2.75) is 18.9 Å². The van der Waals surface area contributed by atoms with E-state index in [0.29, 0.717) is 31.3 Å². The van der Waals surface area contributed by atoms with Gasteiger partial charge in [0.25, 0.3) is 0 Å². The molecule has 2 heterocycles. The molecule has 2 amide bonds. The number of carbonyl (C=O) groups is 2. The molecule has 6 heteroatoms. The number of nitrogens with zero attached hydrogens (tertiary/aromatic N) is 1. The van der Waals surface area contributed by atoms with Gasteiger partial charge in [-0.15, -0.1) is 0 Å². The second-order valence-electron chi connectivity index (χ2n) is 7.62. The van der Waals surface area contributed by atoms with Crippen LogP contribution in [0.15, 0.2) is 60.7 Å². The lowest BCUT2D eigenvalue weighted by molar-refractivity contribution is -0.121. The minimum absolute atomic E-state index is 0.0119. The van der Waals surface area contributed by atoms with Crippen molar-refractivity contribution in [2.75, 3.05) is 24.7 Å². The van der Waals surface area contributed by atoms with Gasteiger partial charge in [-0.25, -0.2) is 0 Å². The predicted molar refractivity (Wildman–Crippen MR) is 114 cm³/mol. The summed E-state index contributed by atoms with van der Waals surface area (Å²) in [5, 5.41) is 5.22. The molecule has 2 aliphatic heterocycles. The first-order valence-corrected chi connectivity index (χ1v) is 10.1. The molecule has 0 saturated carbocycles. The van der Waals surface area contributed by atoms with E-state index >= 15 is 0 Å². The minimum Gasteiger partial charge on any atom is -0.486 e.